The molecular formula is C20H34N4O3S. The highest BCUT2D eigenvalue weighted by molar-refractivity contribution is 7.89. The summed E-state index contributed by atoms with van der Waals surface area (Å²) in [6.07, 6.45) is 9.80. The molecule has 7 nitrogen and oxygen atoms in total. The summed E-state index contributed by atoms with van der Waals surface area (Å²) in [5.74, 6) is 1.29. The maximum absolute atomic E-state index is 12.8. The lowest BCUT2D eigenvalue weighted by molar-refractivity contribution is -0.127. The van der Waals surface area contributed by atoms with Crippen LogP contribution in [0.25, 0.3) is 0 Å². The molecule has 1 aromatic heterocycles. The molecule has 28 heavy (non-hydrogen) atoms. The second-order valence-corrected chi connectivity index (χ2v) is 10.2. The lowest BCUT2D eigenvalue weighted by Crippen LogP contribution is -2.46. The van der Waals surface area contributed by atoms with Crippen molar-refractivity contribution in [2.45, 2.75) is 76.3 Å². The summed E-state index contributed by atoms with van der Waals surface area (Å²) >= 11 is 0. The van der Waals surface area contributed by atoms with Crippen molar-refractivity contribution in [2.75, 3.05) is 13.1 Å². The summed E-state index contributed by atoms with van der Waals surface area (Å²) in [5, 5.41) is 3.38. The van der Waals surface area contributed by atoms with Crippen LogP contribution in [0.15, 0.2) is 11.2 Å². The molecule has 2 atom stereocenters. The number of sulfonamides is 1. The highest BCUT2D eigenvalue weighted by Crippen LogP contribution is 2.31. The molecule has 2 fully saturated rings. The molecule has 158 valence electrons. The van der Waals surface area contributed by atoms with Gasteiger partial charge in [-0.3, -0.25) is 4.79 Å². The minimum absolute atomic E-state index is 0.0932. The van der Waals surface area contributed by atoms with E-state index in [1.54, 1.807) is 24.7 Å². The van der Waals surface area contributed by atoms with Crippen molar-refractivity contribution >= 4 is 15.9 Å². The number of hydrogen-bond donors (Lipinski definition) is 1. The van der Waals surface area contributed by atoms with Gasteiger partial charge in [-0.15, -0.1) is 0 Å². The fraction of sp³-hybridized carbons (Fsp3) is 0.800. The predicted molar refractivity (Wildman–Crippen MR) is 108 cm³/mol. The fourth-order valence-corrected chi connectivity index (χ4v) is 5.98. The molecule has 2 aliphatic rings. The summed E-state index contributed by atoms with van der Waals surface area (Å²) in [6, 6.07) is 0.303. The van der Waals surface area contributed by atoms with Gasteiger partial charge < -0.3 is 9.88 Å². The average molecular weight is 411 g/mol. The van der Waals surface area contributed by atoms with Crippen LogP contribution >= 0.6 is 0 Å². The molecule has 1 aromatic rings. The third kappa shape index (κ3) is 4.59. The maximum Gasteiger partial charge on any atom is 0.262 e. The van der Waals surface area contributed by atoms with E-state index in [1.807, 2.05) is 0 Å². The highest BCUT2D eigenvalue weighted by Gasteiger charge is 2.35. The number of hydrogen-bond acceptors (Lipinski definition) is 4. The largest absolute Gasteiger partial charge is 0.353 e. The zero-order valence-corrected chi connectivity index (χ0v) is 18.2. The van der Waals surface area contributed by atoms with E-state index in [9.17, 15) is 13.2 Å². The number of amides is 1. The van der Waals surface area contributed by atoms with E-state index in [0.717, 1.165) is 6.42 Å². The number of imidazole rings is 1. The van der Waals surface area contributed by atoms with Crippen molar-refractivity contribution in [3.05, 3.63) is 12.0 Å². The number of piperidine rings is 1. The zero-order valence-electron chi connectivity index (χ0n) is 17.4. The standard InChI is InChI=1S/C20H34N4O3S/c1-4-5-7-16-8-6-9-18(16)22-20(25)17-10-12-24(13-11-17)28(26,27)19-14-23(3)15(2)21-19/h14,16-18H,4-13H2,1-3H3,(H,22,25). The second-order valence-electron chi connectivity index (χ2n) is 8.36. The first kappa shape index (κ1) is 21.3. The lowest BCUT2D eigenvalue weighted by atomic mass is 9.94. The molecule has 3 rings (SSSR count). The van der Waals surface area contributed by atoms with Crippen LogP contribution in [0.1, 0.15) is 64.1 Å². The lowest BCUT2D eigenvalue weighted by Gasteiger charge is -2.31. The Morgan fingerprint density at radius 3 is 2.57 bits per heavy atom. The van der Waals surface area contributed by atoms with E-state index in [0.29, 0.717) is 43.7 Å². The molecule has 0 bridgehead atoms. The Labute approximate surface area is 168 Å². The molecule has 0 radical (unpaired) electrons. The van der Waals surface area contributed by atoms with Crippen LogP contribution in [0, 0.1) is 18.8 Å². The number of carbonyl (C=O) groups excluding carboxylic acids is 1. The van der Waals surface area contributed by atoms with Crippen LogP contribution < -0.4 is 5.32 Å². The van der Waals surface area contributed by atoms with Crippen LogP contribution in [0.2, 0.25) is 0 Å². The van der Waals surface area contributed by atoms with Crippen LogP contribution in [0.5, 0.6) is 0 Å². The molecule has 0 spiro atoms. The number of nitrogens with zero attached hydrogens (tertiary/aromatic N) is 3. The van der Waals surface area contributed by atoms with Crippen LogP contribution in [-0.4, -0.2) is 47.3 Å². The van der Waals surface area contributed by atoms with Gasteiger partial charge in [0.25, 0.3) is 10.0 Å². The van der Waals surface area contributed by atoms with E-state index in [2.05, 4.69) is 17.2 Å². The molecule has 1 aliphatic heterocycles. The minimum atomic E-state index is -3.58. The Kier molecular flexibility index (Phi) is 6.81. The van der Waals surface area contributed by atoms with Crippen molar-refractivity contribution in [1.29, 1.82) is 0 Å². The van der Waals surface area contributed by atoms with Gasteiger partial charge in [-0.1, -0.05) is 26.2 Å². The maximum atomic E-state index is 12.8. The monoisotopic (exact) mass is 410 g/mol. The highest BCUT2D eigenvalue weighted by atomic mass is 32.2. The Bertz CT molecular complexity index is 762. The van der Waals surface area contributed by atoms with Crippen LogP contribution in [-0.2, 0) is 21.9 Å². The molecule has 1 N–H and O–H groups in total. The molecule has 8 heteroatoms. The first-order valence-corrected chi connectivity index (χ1v) is 12.1. The zero-order chi connectivity index (χ0) is 20.3. The number of unbranched alkanes of at least 4 members (excludes halogenated alkanes) is 1. The fourth-order valence-electron chi connectivity index (χ4n) is 4.48. The average Bonchev–Trinajstić information content (AvgIpc) is 3.26. The molecular weight excluding hydrogens is 376 g/mol. The second kappa shape index (κ2) is 8.95. The third-order valence-electron chi connectivity index (χ3n) is 6.43. The van der Waals surface area contributed by atoms with Gasteiger partial charge in [-0.25, -0.2) is 13.4 Å². The normalized spacial score (nSPS) is 24.5. The van der Waals surface area contributed by atoms with Crippen molar-refractivity contribution in [3.63, 3.8) is 0 Å². The minimum Gasteiger partial charge on any atom is -0.353 e. The summed E-state index contributed by atoms with van der Waals surface area (Å²) in [6.45, 7) is 4.74. The van der Waals surface area contributed by atoms with E-state index in [4.69, 9.17) is 0 Å². The summed E-state index contributed by atoms with van der Waals surface area (Å²) in [7, 11) is -1.80. The summed E-state index contributed by atoms with van der Waals surface area (Å²) in [4.78, 5) is 16.9. The third-order valence-corrected chi connectivity index (χ3v) is 8.20. The number of nitrogens with one attached hydrogen (secondary N) is 1. The van der Waals surface area contributed by atoms with Gasteiger partial charge in [0.1, 0.15) is 5.82 Å². The van der Waals surface area contributed by atoms with E-state index in [-0.39, 0.29) is 16.9 Å². The topological polar surface area (TPSA) is 84.3 Å². The van der Waals surface area contributed by atoms with Gasteiger partial charge in [0.2, 0.25) is 5.91 Å². The Balaban J connectivity index is 1.54. The van der Waals surface area contributed by atoms with Crippen LogP contribution in [0.3, 0.4) is 0 Å². The Morgan fingerprint density at radius 2 is 1.96 bits per heavy atom. The first-order valence-electron chi connectivity index (χ1n) is 10.6. The van der Waals surface area contributed by atoms with Crippen molar-refractivity contribution in [1.82, 2.24) is 19.2 Å². The number of aryl methyl sites for hydroxylation is 2. The Hall–Kier alpha value is -1.41. The van der Waals surface area contributed by atoms with Crippen molar-refractivity contribution < 1.29 is 13.2 Å². The smallest absolute Gasteiger partial charge is 0.262 e. The molecule has 1 aliphatic carbocycles. The van der Waals surface area contributed by atoms with Crippen LogP contribution in [0.4, 0.5) is 0 Å². The molecule has 2 unspecified atom stereocenters. The molecule has 1 amide bonds. The van der Waals surface area contributed by atoms with Crippen molar-refractivity contribution in [2.24, 2.45) is 18.9 Å². The van der Waals surface area contributed by atoms with E-state index in [1.165, 1.54) is 36.4 Å². The van der Waals surface area contributed by atoms with Gasteiger partial charge in [0.15, 0.2) is 5.03 Å². The van der Waals surface area contributed by atoms with E-state index >= 15 is 0 Å². The van der Waals surface area contributed by atoms with Gasteiger partial charge in [0, 0.05) is 38.3 Å². The Morgan fingerprint density at radius 1 is 1.25 bits per heavy atom. The molecule has 1 saturated carbocycles. The van der Waals surface area contributed by atoms with Crippen molar-refractivity contribution in [3.8, 4) is 0 Å². The SMILES string of the molecule is CCCCC1CCCC1NC(=O)C1CCN(S(=O)(=O)c2cn(C)c(C)n2)CC1. The van der Waals surface area contributed by atoms with Gasteiger partial charge in [-0.2, -0.15) is 4.31 Å². The van der Waals surface area contributed by atoms with Gasteiger partial charge >= 0.3 is 0 Å². The molecule has 2 heterocycles. The molecule has 1 saturated heterocycles. The van der Waals surface area contributed by atoms with E-state index < -0.39 is 10.0 Å². The van der Waals surface area contributed by atoms with Gasteiger partial charge in [0.05, 0.1) is 0 Å². The summed E-state index contributed by atoms with van der Waals surface area (Å²) < 4.78 is 28.8. The number of carbonyl (C=O) groups is 1. The first-order chi connectivity index (χ1) is 13.3. The predicted octanol–water partition coefficient (Wildman–Crippen LogP) is 2.60. The number of aromatic nitrogens is 2. The molecule has 0 aromatic carbocycles. The number of rotatable bonds is 7. The van der Waals surface area contributed by atoms with Gasteiger partial charge in [-0.05, 0) is 44.9 Å². The quantitative estimate of drug-likeness (QED) is 0.749. The summed E-state index contributed by atoms with van der Waals surface area (Å²) in [5.41, 5.74) is 0.